The Bertz CT molecular complexity index is 924. The lowest BCUT2D eigenvalue weighted by atomic mass is 10.1. The highest BCUT2D eigenvalue weighted by Crippen LogP contribution is 2.25. The van der Waals surface area contributed by atoms with Crippen LogP contribution in [0, 0.1) is 11.7 Å². The Morgan fingerprint density at radius 3 is 2.57 bits per heavy atom. The summed E-state index contributed by atoms with van der Waals surface area (Å²) in [5.74, 6) is 0.250. The fraction of sp³-hybridized carbons (Fsp3) is 0.273. The van der Waals surface area contributed by atoms with Gasteiger partial charge in [-0.15, -0.1) is 0 Å². The van der Waals surface area contributed by atoms with Gasteiger partial charge in [-0.05, 0) is 36.2 Å². The van der Waals surface area contributed by atoms with Crippen molar-refractivity contribution >= 4 is 17.3 Å². The van der Waals surface area contributed by atoms with E-state index >= 15 is 0 Å². The molecule has 28 heavy (non-hydrogen) atoms. The van der Waals surface area contributed by atoms with Gasteiger partial charge in [-0.3, -0.25) is 4.79 Å². The minimum absolute atomic E-state index is 0.0810. The number of aromatic nitrogens is 2. The van der Waals surface area contributed by atoms with Gasteiger partial charge in [0.25, 0.3) is 5.91 Å². The first-order valence-corrected chi connectivity index (χ1v) is 9.31. The molecule has 0 atom stereocenters. The van der Waals surface area contributed by atoms with Gasteiger partial charge in [0.05, 0.1) is 12.1 Å². The summed E-state index contributed by atoms with van der Waals surface area (Å²) >= 11 is 0. The molecular weight excluding hydrogens is 355 g/mol. The van der Waals surface area contributed by atoms with E-state index in [-0.39, 0.29) is 17.4 Å². The summed E-state index contributed by atoms with van der Waals surface area (Å²) in [6.07, 6.45) is 3.51. The number of rotatable bonds is 7. The Hall–Kier alpha value is -3.15. The average molecular weight is 380 g/mol. The van der Waals surface area contributed by atoms with Crippen LogP contribution in [0.25, 0.3) is 0 Å². The zero-order valence-electron chi connectivity index (χ0n) is 16.4. The van der Waals surface area contributed by atoms with Gasteiger partial charge in [0.2, 0.25) is 0 Å². The van der Waals surface area contributed by atoms with Gasteiger partial charge in [0, 0.05) is 37.4 Å². The van der Waals surface area contributed by atoms with Gasteiger partial charge in [0.1, 0.15) is 11.6 Å². The van der Waals surface area contributed by atoms with Gasteiger partial charge < -0.3 is 14.8 Å². The van der Waals surface area contributed by atoms with Crippen molar-refractivity contribution in [3.05, 3.63) is 78.1 Å². The third-order valence-electron chi connectivity index (χ3n) is 4.42. The van der Waals surface area contributed by atoms with Crippen LogP contribution in [0.4, 0.5) is 15.8 Å². The molecule has 1 heterocycles. The topological polar surface area (TPSA) is 52.2 Å². The monoisotopic (exact) mass is 380 g/mol. The number of hydrogen-bond donors (Lipinski definition) is 1. The quantitative estimate of drug-likeness (QED) is 0.657. The van der Waals surface area contributed by atoms with E-state index in [1.165, 1.54) is 12.1 Å². The van der Waals surface area contributed by atoms with E-state index in [4.69, 9.17) is 0 Å². The molecule has 0 saturated carbocycles. The molecule has 5 nitrogen and oxygen atoms in total. The molecule has 1 amide bonds. The lowest BCUT2D eigenvalue weighted by Gasteiger charge is -2.27. The summed E-state index contributed by atoms with van der Waals surface area (Å²) in [5.41, 5.74) is 1.77. The molecule has 6 heteroatoms. The first kappa shape index (κ1) is 19.6. The predicted octanol–water partition coefficient (Wildman–Crippen LogP) is 4.49. The lowest BCUT2D eigenvalue weighted by molar-refractivity contribution is 0.0980. The Morgan fingerprint density at radius 2 is 1.89 bits per heavy atom. The van der Waals surface area contributed by atoms with Crippen molar-refractivity contribution in [3.63, 3.8) is 0 Å². The SMILES string of the molecule is CC(C)CN(C(=O)c1ccccc1F)c1cccc(N(C)Cc2ncc[nH]2)c1. The number of anilines is 2. The number of halogens is 1. The van der Waals surface area contributed by atoms with Crippen molar-refractivity contribution in [3.8, 4) is 0 Å². The highest BCUT2D eigenvalue weighted by molar-refractivity contribution is 6.06. The molecule has 0 aliphatic heterocycles. The molecule has 0 aliphatic carbocycles. The molecule has 1 N–H and O–H groups in total. The van der Waals surface area contributed by atoms with E-state index in [1.54, 1.807) is 29.4 Å². The fourth-order valence-corrected chi connectivity index (χ4v) is 3.05. The van der Waals surface area contributed by atoms with E-state index in [9.17, 15) is 9.18 Å². The van der Waals surface area contributed by atoms with Crippen molar-refractivity contribution in [1.82, 2.24) is 9.97 Å². The van der Waals surface area contributed by atoms with Crippen molar-refractivity contribution in [2.24, 2.45) is 5.92 Å². The number of aromatic amines is 1. The molecule has 0 aliphatic rings. The summed E-state index contributed by atoms with van der Waals surface area (Å²) in [6, 6.07) is 13.8. The molecule has 0 radical (unpaired) electrons. The predicted molar refractivity (Wildman–Crippen MR) is 110 cm³/mol. The Morgan fingerprint density at radius 1 is 1.14 bits per heavy atom. The second-order valence-electron chi connectivity index (χ2n) is 7.20. The minimum atomic E-state index is -0.507. The van der Waals surface area contributed by atoms with Crippen LogP contribution in [0.3, 0.4) is 0 Å². The summed E-state index contributed by atoms with van der Waals surface area (Å²) in [4.78, 5) is 24.1. The van der Waals surface area contributed by atoms with Crippen LogP contribution in [-0.4, -0.2) is 29.5 Å². The highest BCUT2D eigenvalue weighted by atomic mass is 19.1. The molecule has 0 bridgehead atoms. The first-order chi connectivity index (χ1) is 13.5. The van der Waals surface area contributed by atoms with Crippen LogP contribution in [0.1, 0.15) is 30.0 Å². The number of H-pyrrole nitrogens is 1. The van der Waals surface area contributed by atoms with Crippen LogP contribution < -0.4 is 9.80 Å². The smallest absolute Gasteiger partial charge is 0.261 e. The van der Waals surface area contributed by atoms with Crippen LogP contribution >= 0.6 is 0 Å². The van der Waals surface area contributed by atoms with Crippen molar-refractivity contribution in [2.45, 2.75) is 20.4 Å². The minimum Gasteiger partial charge on any atom is -0.367 e. The fourth-order valence-electron chi connectivity index (χ4n) is 3.05. The molecule has 1 aromatic heterocycles. The first-order valence-electron chi connectivity index (χ1n) is 9.31. The standard InChI is InChI=1S/C22H25FN4O/c1-16(2)14-27(22(28)19-9-4-5-10-20(19)23)18-8-6-7-17(13-18)26(3)15-21-24-11-12-25-21/h4-13,16H,14-15H2,1-3H3,(H,24,25). The Labute approximate surface area is 164 Å². The summed E-state index contributed by atoms with van der Waals surface area (Å²) < 4.78 is 14.2. The molecule has 0 unspecified atom stereocenters. The van der Waals surface area contributed by atoms with Crippen molar-refractivity contribution in [2.75, 3.05) is 23.4 Å². The summed E-state index contributed by atoms with van der Waals surface area (Å²) in [7, 11) is 1.97. The van der Waals surface area contributed by atoms with Crippen molar-refractivity contribution < 1.29 is 9.18 Å². The van der Waals surface area contributed by atoms with E-state index in [0.29, 0.717) is 13.1 Å². The molecule has 3 aromatic rings. The summed E-state index contributed by atoms with van der Waals surface area (Å²) in [6.45, 7) is 5.18. The van der Waals surface area contributed by atoms with E-state index in [0.717, 1.165) is 17.2 Å². The molecule has 0 saturated heterocycles. The maximum absolute atomic E-state index is 14.2. The molecule has 3 rings (SSSR count). The normalized spacial score (nSPS) is 10.9. The zero-order valence-corrected chi connectivity index (χ0v) is 16.4. The number of nitrogens with zero attached hydrogens (tertiary/aromatic N) is 3. The third kappa shape index (κ3) is 4.57. The molecular formula is C22H25FN4O. The third-order valence-corrected chi connectivity index (χ3v) is 4.42. The Kier molecular flexibility index (Phi) is 6.09. The maximum Gasteiger partial charge on any atom is 0.261 e. The van der Waals surface area contributed by atoms with Gasteiger partial charge in [-0.25, -0.2) is 9.37 Å². The number of benzene rings is 2. The van der Waals surface area contributed by atoms with Gasteiger partial charge >= 0.3 is 0 Å². The van der Waals surface area contributed by atoms with E-state index < -0.39 is 5.82 Å². The number of nitrogens with one attached hydrogen (secondary N) is 1. The second kappa shape index (κ2) is 8.69. The van der Waals surface area contributed by atoms with E-state index in [1.807, 2.05) is 50.1 Å². The Balaban J connectivity index is 1.90. The van der Waals surface area contributed by atoms with Crippen LogP contribution in [0.5, 0.6) is 0 Å². The molecule has 146 valence electrons. The second-order valence-corrected chi connectivity index (χ2v) is 7.20. The van der Waals surface area contributed by atoms with E-state index in [2.05, 4.69) is 9.97 Å². The zero-order chi connectivity index (χ0) is 20.1. The average Bonchev–Trinajstić information content (AvgIpc) is 3.19. The number of imidazole rings is 1. The van der Waals surface area contributed by atoms with Crippen molar-refractivity contribution in [1.29, 1.82) is 0 Å². The van der Waals surface area contributed by atoms with Crippen LogP contribution in [-0.2, 0) is 6.54 Å². The number of amides is 1. The largest absolute Gasteiger partial charge is 0.367 e. The van der Waals surface area contributed by atoms with Gasteiger partial charge in [-0.1, -0.05) is 32.0 Å². The van der Waals surface area contributed by atoms with Gasteiger partial charge in [-0.2, -0.15) is 0 Å². The lowest BCUT2D eigenvalue weighted by Crippen LogP contribution is -2.35. The molecule has 0 spiro atoms. The number of carbonyl (C=O) groups excluding carboxylic acids is 1. The molecule has 0 fully saturated rings. The van der Waals surface area contributed by atoms with Gasteiger partial charge in [0.15, 0.2) is 0 Å². The number of carbonyl (C=O) groups is 1. The number of hydrogen-bond acceptors (Lipinski definition) is 3. The van der Waals surface area contributed by atoms with Crippen LogP contribution in [0.15, 0.2) is 60.9 Å². The maximum atomic E-state index is 14.2. The highest BCUT2D eigenvalue weighted by Gasteiger charge is 2.22. The van der Waals surface area contributed by atoms with Crippen LogP contribution in [0.2, 0.25) is 0 Å². The molecule has 2 aromatic carbocycles. The summed E-state index contributed by atoms with van der Waals surface area (Å²) in [5, 5.41) is 0.